The first-order valence-electron chi connectivity index (χ1n) is 7.64. The molecule has 0 unspecified atom stereocenters. The Hall–Kier alpha value is -1.55. The molecule has 1 aromatic carbocycles. The van der Waals surface area contributed by atoms with Crippen molar-refractivity contribution in [3.8, 4) is 0 Å². The minimum Gasteiger partial charge on any atom is -0.302 e. The summed E-state index contributed by atoms with van der Waals surface area (Å²) in [4.78, 5) is 14.8. The maximum Gasteiger partial charge on any atom is 0.328 e. The molecule has 0 atom stereocenters. The number of imidazole rings is 1. The topological polar surface area (TPSA) is 30.2 Å². The molecule has 1 aromatic heterocycles. The standard InChI is InChI=1S/C16H23N3O/c1-17-14-8-4-5-9-15(14)19(16(17)20)13-12-18-10-6-2-3-7-11-18/h4-5,8-9H,2-3,6-7,10-13H2,1H3. The van der Waals surface area contributed by atoms with Crippen LogP contribution in [-0.2, 0) is 13.6 Å². The average molecular weight is 273 g/mol. The van der Waals surface area contributed by atoms with Crippen LogP contribution in [0.25, 0.3) is 11.0 Å². The summed E-state index contributed by atoms with van der Waals surface area (Å²) < 4.78 is 3.66. The van der Waals surface area contributed by atoms with Crippen molar-refractivity contribution >= 4 is 11.0 Å². The van der Waals surface area contributed by atoms with Crippen LogP contribution in [0.4, 0.5) is 0 Å². The van der Waals surface area contributed by atoms with Gasteiger partial charge in [-0.2, -0.15) is 0 Å². The van der Waals surface area contributed by atoms with Gasteiger partial charge in [0.05, 0.1) is 11.0 Å². The van der Waals surface area contributed by atoms with E-state index in [4.69, 9.17) is 0 Å². The Bertz CT molecular complexity index is 633. The summed E-state index contributed by atoms with van der Waals surface area (Å²) in [7, 11) is 1.85. The number of rotatable bonds is 3. The number of hydrogen-bond acceptors (Lipinski definition) is 2. The van der Waals surface area contributed by atoms with Gasteiger partial charge in [-0.05, 0) is 38.1 Å². The van der Waals surface area contributed by atoms with Crippen LogP contribution in [0.15, 0.2) is 29.1 Å². The van der Waals surface area contributed by atoms with Crippen LogP contribution in [0.1, 0.15) is 25.7 Å². The number of aryl methyl sites for hydroxylation is 1. The van der Waals surface area contributed by atoms with E-state index in [1.165, 1.54) is 38.8 Å². The third-order valence-corrected chi connectivity index (χ3v) is 4.39. The second-order valence-corrected chi connectivity index (χ2v) is 5.74. The predicted molar refractivity (Wildman–Crippen MR) is 82.1 cm³/mol. The van der Waals surface area contributed by atoms with Crippen molar-refractivity contribution < 1.29 is 0 Å². The molecule has 0 radical (unpaired) electrons. The summed E-state index contributed by atoms with van der Waals surface area (Å²) in [5, 5.41) is 0. The lowest BCUT2D eigenvalue weighted by molar-refractivity contribution is 0.273. The molecular weight excluding hydrogens is 250 g/mol. The molecular formula is C16H23N3O. The van der Waals surface area contributed by atoms with Crippen molar-refractivity contribution in [3.63, 3.8) is 0 Å². The fourth-order valence-corrected chi connectivity index (χ4v) is 3.18. The number of likely N-dealkylation sites (tertiary alicyclic amines) is 1. The zero-order valence-corrected chi connectivity index (χ0v) is 12.2. The Morgan fingerprint density at radius 2 is 1.60 bits per heavy atom. The quantitative estimate of drug-likeness (QED) is 0.858. The molecule has 0 bridgehead atoms. The highest BCUT2D eigenvalue weighted by molar-refractivity contribution is 5.75. The van der Waals surface area contributed by atoms with Crippen molar-refractivity contribution in [2.24, 2.45) is 7.05 Å². The van der Waals surface area contributed by atoms with E-state index in [-0.39, 0.29) is 5.69 Å². The van der Waals surface area contributed by atoms with Crippen LogP contribution < -0.4 is 5.69 Å². The average Bonchev–Trinajstić information content (AvgIpc) is 2.68. The summed E-state index contributed by atoms with van der Waals surface area (Å²) in [5.41, 5.74) is 2.17. The van der Waals surface area contributed by atoms with E-state index in [1.54, 1.807) is 4.57 Å². The highest BCUT2D eigenvalue weighted by Gasteiger charge is 2.12. The first-order chi connectivity index (χ1) is 9.77. The van der Waals surface area contributed by atoms with Crippen LogP contribution in [0.3, 0.4) is 0 Å². The molecule has 4 heteroatoms. The summed E-state index contributed by atoms with van der Waals surface area (Å²) in [5.74, 6) is 0. The van der Waals surface area contributed by atoms with E-state index >= 15 is 0 Å². The second-order valence-electron chi connectivity index (χ2n) is 5.74. The summed E-state index contributed by atoms with van der Waals surface area (Å²) >= 11 is 0. The number of hydrogen-bond donors (Lipinski definition) is 0. The van der Waals surface area contributed by atoms with E-state index in [9.17, 15) is 4.79 Å². The molecule has 1 aliphatic rings. The molecule has 2 heterocycles. The number of fused-ring (bicyclic) bond motifs is 1. The lowest BCUT2D eigenvalue weighted by atomic mass is 10.2. The third kappa shape index (κ3) is 2.52. The Morgan fingerprint density at radius 1 is 0.950 bits per heavy atom. The summed E-state index contributed by atoms with van der Waals surface area (Å²) in [6, 6.07) is 8.05. The fourth-order valence-electron chi connectivity index (χ4n) is 3.18. The molecule has 1 fully saturated rings. The van der Waals surface area contributed by atoms with Crippen LogP contribution in [-0.4, -0.2) is 33.7 Å². The second kappa shape index (κ2) is 5.83. The van der Waals surface area contributed by atoms with Crippen LogP contribution >= 0.6 is 0 Å². The van der Waals surface area contributed by atoms with E-state index in [0.29, 0.717) is 0 Å². The van der Waals surface area contributed by atoms with Gasteiger partial charge < -0.3 is 4.90 Å². The Labute approximate surface area is 119 Å². The van der Waals surface area contributed by atoms with Crippen molar-refractivity contribution in [2.45, 2.75) is 32.2 Å². The SMILES string of the molecule is Cn1c(=O)n(CCN2CCCCCC2)c2ccccc21. The Kier molecular flexibility index (Phi) is 3.92. The van der Waals surface area contributed by atoms with Gasteiger partial charge in [-0.1, -0.05) is 25.0 Å². The number of aromatic nitrogens is 2. The van der Waals surface area contributed by atoms with Crippen molar-refractivity contribution in [1.82, 2.24) is 14.0 Å². The highest BCUT2D eigenvalue weighted by Crippen LogP contribution is 2.13. The van der Waals surface area contributed by atoms with Crippen molar-refractivity contribution in [1.29, 1.82) is 0 Å². The highest BCUT2D eigenvalue weighted by atomic mass is 16.1. The number of para-hydroxylation sites is 2. The molecule has 0 N–H and O–H groups in total. The first kappa shape index (κ1) is 13.4. The molecule has 0 amide bonds. The molecule has 20 heavy (non-hydrogen) atoms. The van der Waals surface area contributed by atoms with Gasteiger partial charge >= 0.3 is 5.69 Å². The molecule has 0 spiro atoms. The number of nitrogens with zero attached hydrogens (tertiary/aromatic N) is 3. The maximum absolute atomic E-state index is 12.3. The molecule has 1 aliphatic heterocycles. The minimum atomic E-state index is 0.0982. The summed E-state index contributed by atoms with van der Waals surface area (Å²) in [6.07, 6.45) is 5.30. The van der Waals surface area contributed by atoms with Crippen LogP contribution in [0, 0.1) is 0 Å². The third-order valence-electron chi connectivity index (χ3n) is 4.39. The van der Waals surface area contributed by atoms with Gasteiger partial charge in [-0.25, -0.2) is 4.79 Å². The van der Waals surface area contributed by atoms with Gasteiger partial charge in [0.1, 0.15) is 0 Å². The van der Waals surface area contributed by atoms with E-state index in [1.807, 2.05) is 35.9 Å². The maximum atomic E-state index is 12.3. The van der Waals surface area contributed by atoms with Crippen LogP contribution in [0.2, 0.25) is 0 Å². The monoisotopic (exact) mass is 273 g/mol. The van der Waals surface area contributed by atoms with Gasteiger partial charge in [0, 0.05) is 20.1 Å². The fraction of sp³-hybridized carbons (Fsp3) is 0.562. The molecule has 1 saturated heterocycles. The number of benzene rings is 1. The van der Waals surface area contributed by atoms with Crippen molar-refractivity contribution in [2.75, 3.05) is 19.6 Å². The predicted octanol–water partition coefficient (Wildman–Crippen LogP) is 2.22. The van der Waals surface area contributed by atoms with Gasteiger partial charge in [0.2, 0.25) is 0 Å². The van der Waals surface area contributed by atoms with Gasteiger partial charge in [0.15, 0.2) is 0 Å². The van der Waals surface area contributed by atoms with E-state index in [2.05, 4.69) is 4.90 Å². The van der Waals surface area contributed by atoms with Gasteiger partial charge in [-0.15, -0.1) is 0 Å². The molecule has 4 nitrogen and oxygen atoms in total. The molecule has 108 valence electrons. The molecule has 0 saturated carbocycles. The Morgan fingerprint density at radius 3 is 2.30 bits per heavy atom. The summed E-state index contributed by atoms with van der Waals surface area (Å²) in [6.45, 7) is 4.13. The van der Waals surface area contributed by atoms with E-state index < -0.39 is 0 Å². The molecule has 2 aromatic rings. The smallest absolute Gasteiger partial charge is 0.302 e. The van der Waals surface area contributed by atoms with Crippen LogP contribution in [0.5, 0.6) is 0 Å². The lowest BCUT2D eigenvalue weighted by Crippen LogP contribution is -2.32. The zero-order valence-electron chi connectivity index (χ0n) is 12.2. The largest absolute Gasteiger partial charge is 0.328 e. The first-order valence-corrected chi connectivity index (χ1v) is 7.64. The minimum absolute atomic E-state index is 0.0982. The van der Waals surface area contributed by atoms with Gasteiger partial charge in [0.25, 0.3) is 0 Å². The van der Waals surface area contributed by atoms with Crippen molar-refractivity contribution in [3.05, 3.63) is 34.7 Å². The zero-order chi connectivity index (χ0) is 13.9. The normalized spacial score (nSPS) is 17.4. The lowest BCUT2D eigenvalue weighted by Gasteiger charge is -2.19. The molecule has 3 rings (SSSR count). The van der Waals surface area contributed by atoms with Gasteiger partial charge in [-0.3, -0.25) is 9.13 Å². The molecule has 0 aliphatic carbocycles. The Balaban J connectivity index is 1.80. The van der Waals surface area contributed by atoms with E-state index in [0.717, 1.165) is 24.1 Å².